The molecule has 0 aliphatic carbocycles. The normalized spacial score (nSPS) is 15.6. The lowest BCUT2D eigenvalue weighted by Gasteiger charge is -2.32. The first kappa shape index (κ1) is 18.8. The van der Waals surface area contributed by atoms with Crippen LogP contribution in [0, 0.1) is 11.8 Å². The minimum absolute atomic E-state index is 1.06. The number of likely N-dealkylation sites (N-methyl/N-ethyl adjacent to an activating group) is 1. The van der Waals surface area contributed by atoms with Gasteiger partial charge in [0, 0.05) is 32.6 Å². The maximum Gasteiger partial charge on any atom is 0.0110 e. The summed E-state index contributed by atoms with van der Waals surface area (Å²) in [6.07, 6.45) is 2.29. The van der Waals surface area contributed by atoms with Gasteiger partial charge in [-0.05, 0) is 26.9 Å². The Kier molecular flexibility index (Phi) is 17.2. The van der Waals surface area contributed by atoms with E-state index < -0.39 is 0 Å². The van der Waals surface area contributed by atoms with E-state index in [2.05, 4.69) is 28.7 Å². The molecule has 0 radical (unpaired) electrons. The van der Waals surface area contributed by atoms with E-state index >= 15 is 0 Å². The second-order valence-corrected chi connectivity index (χ2v) is 3.68. The molecule has 2 nitrogen and oxygen atoms in total. The van der Waals surface area contributed by atoms with Crippen LogP contribution in [0.2, 0.25) is 0 Å². The van der Waals surface area contributed by atoms with Gasteiger partial charge < -0.3 is 9.80 Å². The standard InChI is InChI=1S/C11H20N2.2C2H6/c1-3-4-5-6-7-13-10-8-12(2)9-11-13;2*1-2/h5-11H2,1-2H3;2*1-2H3. The van der Waals surface area contributed by atoms with Crippen LogP contribution < -0.4 is 0 Å². The summed E-state index contributed by atoms with van der Waals surface area (Å²) in [6, 6.07) is 0. The molecule has 0 unspecified atom stereocenters. The van der Waals surface area contributed by atoms with E-state index in [0.717, 1.165) is 6.42 Å². The average molecular weight is 240 g/mol. The number of piperazine rings is 1. The number of hydrogen-bond acceptors (Lipinski definition) is 2. The maximum atomic E-state index is 3.11. The van der Waals surface area contributed by atoms with Crippen LogP contribution in [0.15, 0.2) is 0 Å². The molecule has 1 aliphatic rings. The average Bonchev–Trinajstić information content (AvgIpc) is 2.41. The van der Waals surface area contributed by atoms with E-state index in [1.54, 1.807) is 0 Å². The van der Waals surface area contributed by atoms with Gasteiger partial charge in [-0.25, -0.2) is 0 Å². The smallest absolute Gasteiger partial charge is 0.0110 e. The molecule has 0 aromatic rings. The third-order valence-electron chi connectivity index (χ3n) is 2.55. The molecule has 0 amide bonds. The summed E-state index contributed by atoms with van der Waals surface area (Å²) in [5.74, 6) is 6.05. The van der Waals surface area contributed by atoms with Gasteiger partial charge in [-0.2, -0.15) is 0 Å². The summed E-state index contributed by atoms with van der Waals surface area (Å²) < 4.78 is 0. The fourth-order valence-electron chi connectivity index (χ4n) is 1.59. The van der Waals surface area contributed by atoms with Crippen LogP contribution >= 0.6 is 0 Å². The van der Waals surface area contributed by atoms with Crippen molar-refractivity contribution >= 4 is 0 Å². The number of hydrogen-bond donors (Lipinski definition) is 0. The minimum atomic E-state index is 1.06. The molecule has 0 aromatic carbocycles. The van der Waals surface area contributed by atoms with Crippen LogP contribution in [-0.4, -0.2) is 49.6 Å². The van der Waals surface area contributed by atoms with Gasteiger partial charge in [0.25, 0.3) is 0 Å². The number of rotatable bonds is 3. The molecule has 17 heavy (non-hydrogen) atoms. The van der Waals surface area contributed by atoms with Crippen molar-refractivity contribution in [3.8, 4) is 11.8 Å². The summed E-state index contributed by atoms with van der Waals surface area (Å²) in [6.45, 7) is 16.0. The SMILES string of the molecule is CC.CC.CC#CCCCN1CCN(C)CC1. The molecule has 0 N–H and O–H groups in total. The zero-order chi connectivity index (χ0) is 13.5. The third-order valence-corrected chi connectivity index (χ3v) is 2.55. The van der Waals surface area contributed by atoms with Crippen LogP contribution in [0.1, 0.15) is 47.5 Å². The minimum Gasteiger partial charge on any atom is -0.304 e. The van der Waals surface area contributed by atoms with Gasteiger partial charge in [0.2, 0.25) is 0 Å². The van der Waals surface area contributed by atoms with Gasteiger partial charge in [0.1, 0.15) is 0 Å². The Morgan fingerprint density at radius 3 is 1.94 bits per heavy atom. The summed E-state index contributed by atoms with van der Waals surface area (Å²) in [4.78, 5) is 4.93. The van der Waals surface area contributed by atoms with Crippen molar-refractivity contribution in [2.45, 2.75) is 47.5 Å². The Hall–Kier alpha value is -0.520. The largest absolute Gasteiger partial charge is 0.304 e. The molecule has 1 aliphatic heterocycles. The molecule has 0 saturated carbocycles. The van der Waals surface area contributed by atoms with Crippen LogP contribution in [-0.2, 0) is 0 Å². The van der Waals surface area contributed by atoms with Crippen LogP contribution in [0.3, 0.4) is 0 Å². The molecule has 0 aromatic heterocycles. The van der Waals surface area contributed by atoms with Gasteiger partial charge in [-0.1, -0.05) is 27.7 Å². The first-order valence-corrected chi connectivity index (χ1v) is 7.13. The highest BCUT2D eigenvalue weighted by Crippen LogP contribution is 2.00. The fraction of sp³-hybridized carbons (Fsp3) is 0.867. The first-order chi connectivity index (χ1) is 8.33. The lowest BCUT2D eigenvalue weighted by molar-refractivity contribution is 0.153. The second kappa shape index (κ2) is 15.5. The Morgan fingerprint density at radius 2 is 1.47 bits per heavy atom. The van der Waals surface area contributed by atoms with Crippen molar-refractivity contribution in [2.75, 3.05) is 39.8 Å². The molecule has 0 bridgehead atoms. The lowest BCUT2D eigenvalue weighted by atomic mass is 10.2. The van der Waals surface area contributed by atoms with E-state index in [-0.39, 0.29) is 0 Å². The maximum absolute atomic E-state index is 3.11. The summed E-state index contributed by atoms with van der Waals surface area (Å²) in [7, 11) is 2.19. The van der Waals surface area contributed by atoms with Gasteiger partial charge in [0.15, 0.2) is 0 Å². The summed E-state index contributed by atoms with van der Waals surface area (Å²) >= 11 is 0. The predicted molar refractivity (Wildman–Crippen MR) is 79.3 cm³/mol. The molecular formula is C15H32N2. The van der Waals surface area contributed by atoms with Crippen molar-refractivity contribution in [3.05, 3.63) is 0 Å². The van der Waals surface area contributed by atoms with Crippen molar-refractivity contribution in [1.82, 2.24) is 9.80 Å². The van der Waals surface area contributed by atoms with Crippen molar-refractivity contribution in [3.63, 3.8) is 0 Å². The lowest BCUT2D eigenvalue weighted by Crippen LogP contribution is -2.44. The van der Waals surface area contributed by atoms with Gasteiger partial charge in [0.05, 0.1) is 0 Å². The molecule has 0 spiro atoms. The van der Waals surface area contributed by atoms with Gasteiger partial charge in [-0.15, -0.1) is 11.8 Å². The van der Waals surface area contributed by atoms with E-state index in [1.165, 1.54) is 39.1 Å². The Morgan fingerprint density at radius 1 is 0.941 bits per heavy atom. The van der Waals surface area contributed by atoms with Crippen molar-refractivity contribution < 1.29 is 0 Å². The number of nitrogens with zero attached hydrogens (tertiary/aromatic N) is 2. The predicted octanol–water partition coefficient (Wildman–Crippen LogP) is 3.09. The van der Waals surface area contributed by atoms with E-state index in [0.29, 0.717) is 0 Å². The zero-order valence-corrected chi connectivity index (χ0v) is 12.8. The third kappa shape index (κ3) is 11.7. The quantitative estimate of drug-likeness (QED) is 0.552. The van der Waals surface area contributed by atoms with E-state index in [9.17, 15) is 0 Å². The Bertz CT molecular complexity index is 183. The van der Waals surface area contributed by atoms with Crippen molar-refractivity contribution in [1.29, 1.82) is 0 Å². The van der Waals surface area contributed by atoms with E-state index in [1.807, 2.05) is 34.6 Å². The molecular weight excluding hydrogens is 208 g/mol. The first-order valence-electron chi connectivity index (χ1n) is 7.13. The van der Waals surface area contributed by atoms with Crippen molar-refractivity contribution in [2.24, 2.45) is 0 Å². The molecule has 2 heteroatoms. The Labute approximate surface area is 109 Å². The second-order valence-electron chi connectivity index (χ2n) is 3.68. The van der Waals surface area contributed by atoms with Gasteiger partial charge >= 0.3 is 0 Å². The summed E-state index contributed by atoms with van der Waals surface area (Å²) in [5, 5.41) is 0. The van der Waals surface area contributed by atoms with Crippen LogP contribution in [0.4, 0.5) is 0 Å². The summed E-state index contributed by atoms with van der Waals surface area (Å²) in [5.41, 5.74) is 0. The monoisotopic (exact) mass is 240 g/mol. The molecule has 102 valence electrons. The van der Waals surface area contributed by atoms with Crippen LogP contribution in [0.25, 0.3) is 0 Å². The van der Waals surface area contributed by atoms with E-state index in [4.69, 9.17) is 0 Å². The molecule has 0 atom stereocenters. The zero-order valence-electron chi connectivity index (χ0n) is 12.8. The highest BCUT2D eigenvalue weighted by Gasteiger charge is 2.12. The Balaban J connectivity index is 0. The molecule has 1 heterocycles. The highest BCUT2D eigenvalue weighted by molar-refractivity contribution is 4.94. The number of unbranched alkanes of at least 4 members (excludes halogenated alkanes) is 1. The topological polar surface area (TPSA) is 6.48 Å². The van der Waals surface area contributed by atoms with Crippen LogP contribution in [0.5, 0.6) is 0 Å². The molecule has 1 rings (SSSR count). The molecule has 1 fully saturated rings. The molecule has 1 saturated heterocycles. The highest BCUT2D eigenvalue weighted by atomic mass is 15.2. The van der Waals surface area contributed by atoms with Gasteiger partial charge in [-0.3, -0.25) is 0 Å². The fourth-order valence-corrected chi connectivity index (χ4v) is 1.59.